The Morgan fingerprint density at radius 3 is 2.67 bits per heavy atom. The second-order valence-electron chi connectivity index (χ2n) is 5.98. The molecule has 0 aromatic heterocycles. The summed E-state index contributed by atoms with van der Waals surface area (Å²) in [6.07, 6.45) is 11.0. The van der Waals surface area contributed by atoms with Crippen LogP contribution in [0, 0.1) is 5.41 Å². The normalized spacial score (nSPS) is 32.2. The molecule has 0 aromatic rings. The fourth-order valence-corrected chi connectivity index (χ4v) is 4.00. The highest BCUT2D eigenvalue weighted by Gasteiger charge is 2.55. The number of ether oxygens (including phenoxy) is 1. The summed E-state index contributed by atoms with van der Waals surface area (Å²) in [6.45, 7) is 6.46. The summed E-state index contributed by atoms with van der Waals surface area (Å²) in [7, 11) is 0. The fraction of sp³-hybridized carbons (Fsp3) is 1.00. The van der Waals surface area contributed by atoms with E-state index in [9.17, 15) is 0 Å². The van der Waals surface area contributed by atoms with Gasteiger partial charge in [0.1, 0.15) is 0 Å². The first-order valence-electron chi connectivity index (χ1n) is 7.60. The molecule has 18 heavy (non-hydrogen) atoms. The predicted octanol–water partition coefficient (Wildman–Crippen LogP) is 3.46. The van der Waals surface area contributed by atoms with Gasteiger partial charge in [-0.2, -0.15) is 11.8 Å². The van der Waals surface area contributed by atoms with E-state index >= 15 is 0 Å². The molecule has 2 nitrogen and oxygen atoms in total. The minimum absolute atomic E-state index is 0.479. The van der Waals surface area contributed by atoms with Crippen LogP contribution < -0.4 is 5.32 Å². The van der Waals surface area contributed by atoms with Crippen LogP contribution in [-0.2, 0) is 4.74 Å². The minimum Gasteiger partial charge on any atom is -0.378 e. The van der Waals surface area contributed by atoms with Gasteiger partial charge in [0.05, 0.1) is 6.10 Å². The molecule has 0 heterocycles. The summed E-state index contributed by atoms with van der Waals surface area (Å²) >= 11 is 1.95. The van der Waals surface area contributed by atoms with Gasteiger partial charge in [0.15, 0.2) is 0 Å². The molecule has 0 aliphatic heterocycles. The minimum atomic E-state index is 0.479. The lowest BCUT2D eigenvalue weighted by atomic mass is 9.55. The Morgan fingerprint density at radius 1 is 1.33 bits per heavy atom. The number of hydrogen-bond acceptors (Lipinski definition) is 3. The van der Waals surface area contributed by atoms with Crippen molar-refractivity contribution in [1.82, 2.24) is 5.32 Å². The Balaban J connectivity index is 1.90. The third-order valence-corrected chi connectivity index (χ3v) is 5.96. The molecule has 1 N–H and O–H groups in total. The van der Waals surface area contributed by atoms with E-state index in [0.29, 0.717) is 17.6 Å². The summed E-state index contributed by atoms with van der Waals surface area (Å²) < 4.78 is 5.99. The van der Waals surface area contributed by atoms with Crippen LogP contribution in [0.5, 0.6) is 0 Å². The van der Waals surface area contributed by atoms with Gasteiger partial charge in [0.2, 0.25) is 0 Å². The molecule has 3 atom stereocenters. The topological polar surface area (TPSA) is 21.3 Å². The van der Waals surface area contributed by atoms with Crippen molar-refractivity contribution in [2.24, 2.45) is 5.41 Å². The molecule has 2 saturated carbocycles. The Kier molecular flexibility index (Phi) is 5.40. The predicted molar refractivity (Wildman–Crippen MR) is 80.3 cm³/mol. The zero-order chi connectivity index (χ0) is 13.0. The highest BCUT2D eigenvalue weighted by atomic mass is 32.2. The van der Waals surface area contributed by atoms with Crippen molar-refractivity contribution in [2.75, 3.05) is 19.4 Å². The highest BCUT2D eigenvalue weighted by molar-refractivity contribution is 7.99. The first-order valence-corrected chi connectivity index (χ1v) is 8.89. The van der Waals surface area contributed by atoms with Gasteiger partial charge in [-0.1, -0.05) is 26.2 Å². The second-order valence-corrected chi connectivity index (χ2v) is 7.26. The van der Waals surface area contributed by atoms with Gasteiger partial charge in [-0.25, -0.2) is 0 Å². The standard InChI is InChI=1S/C15H29NOS/c1-4-17-14-10-13(16-11-12(2)18-3)15(14)8-6-5-7-9-15/h12-14,16H,4-11H2,1-3H3. The van der Waals surface area contributed by atoms with Crippen LogP contribution in [0.2, 0.25) is 0 Å². The summed E-state index contributed by atoms with van der Waals surface area (Å²) in [5, 5.41) is 4.54. The quantitative estimate of drug-likeness (QED) is 0.799. The lowest BCUT2D eigenvalue weighted by molar-refractivity contribution is -0.149. The third-order valence-electron chi connectivity index (χ3n) is 4.99. The van der Waals surface area contributed by atoms with E-state index in [1.54, 1.807) is 0 Å². The molecule has 0 amide bonds. The van der Waals surface area contributed by atoms with E-state index in [2.05, 4.69) is 25.4 Å². The molecule has 0 aromatic carbocycles. The van der Waals surface area contributed by atoms with Crippen LogP contribution in [0.3, 0.4) is 0 Å². The van der Waals surface area contributed by atoms with Gasteiger partial charge >= 0.3 is 0 Å². The van der Waals surface area contributed by atoms with Gasteiger partial charge in [0, 0.05) is 29.9 Å². The van der Waals surface area contributed by atoms with E-state index in [0.717, 1.165) is 18.4 Å². The number of nitrogens with one attached hydrogen (secondary N) is 1. The third kappa shape index (κ3) is 2.88. The van der Waals surface area contributed by atoms with Gasteiger partial charge in [-0.3, -0.25) is 0 Å². The Morgan fingerprint density at radius 2 is 2.06 bits per heavy atom. The maximum Gasteiger partial charge on any atom is 0.0661 e. The Hall–Kier alpha value is 0.270. The summed E-state index contributed by atoms with van der Waals surface area (Å²) in [5.74, 6) is 0. The lowest BCUT2D eigenvalue weighted by Crippen LogP contribution is -2.65. The maximum absolute atomic E-state index is 5.99. The molecule has 2 fully saturated rings. The molecule has 0 bridgehead atoms. The zero-order valence-electron chi connectivity index (χ0n) is 12.2. The van der Waals surface area contributed by atoms with Crippen molar-refractivity contribution in [1.29, 1.82) is 0 Å². The fourth-order valence-electron chi connectivity index (χ4n) is 3.74. The van der Waals surface area contributed by atoms with Crippen LogP contribution >= 0.6 is 11.8 Å². The van der Waals surface area contributed by atoms with Crippen LogP contribution in [0.25, 0.3) is 0 Å². The molecule has 2 aliphatic rings. The molecule has 106 valence electrons. The second kappa shape index (κ2) is 6.62. The molecular weight excluding hydrogens is 242 g/mol. The van der Waals surface area contributed by atoms with Crippen molar-refractivity contribution in [2.45, 2.75) is 69.8 Å². The first-order chi connectivity index (χ1) is 8.73. The monoisotopic (exact) mass is 271 g/mol. The molecule has 0 saturated heterocycles. The SMILES string of the molecule is CCOC1CC(NCC(C)SC)C12CCCCC2. The van der Waals surface area contributed by atoms with Crippen molar-refractivity contribution in [3.05, 3.63) is 0 Å². The van der Waals surface area contributed by atoms with Crippen LogP contribution in [-0.4, -0.2) is 36.8 Å². The van der Waals surface area contributed by atoms with Crippen molar-refractivity contribution in [3.8, 4) is 0 Å². The number of rotatable bonds is 6. The Labute approximate surface area is 117 Å². The van der Waals surface area contributed by atoms with Crippen LogP contribution in [0.4, 0.5) is 0 Å². The summed E-state index contributed by atoms with van der Waals surface area (Å²) in [6, 6.07) is 0.712. The van der Waals surface area contributed by atoms with E-state index < -0.39 is 0 Å². The molecule has 2 rings (SSSR count). The van der Waals surface area contributed by atoms with Crippen LogP contribution in [0.1, 0.15) is 52.4 Å². The van der Waals surface area contributed by atoms with Crippen molar-refractivity contribution < 1.29 is 4.74 Å². The van der Waals surface area contributed by atoms with Crippen molar-refractivity contribution in [3.63, 3.8) is 0 Å². The number of hydrogen-bond donors (Lipinski definition) is 1. The first kappa shape index (κ1) is 14.7. The van der Waals surface area contributed by atoms with Crippen molar-refractivity contribution >= 4 is 11.8 Å². The maximum atomic E-state index is 5.99. The summed E-state index contributed by atoms with van der Waals surface area (Å²) in [4.78, 5) is 0. The molecule has 0 radical (unpaired) electrons. The largest absolute Gasteiger partial charge is 0.378 e. The number of thioether (sulfide) groups is 1. The van der Waals surface area contributed by atoms with E-state index in [1.807, 2.05) is 11.8 Å². The smallest absolute Gasteiger partial charge is 0.0661 e. The van der Waals surface area contributed by atoms with E-state index in [-0.39, 0.29) is 0 Å². The lowest BCUT2D eigenvalue weighted by Gasteiger charge is -2.58. The van der Waals surface area contributed by atoms with E-state index in [4.69, 9.17) is 4.74 Å². The highest BCUT2D eigenvalue weighted by Crippen LogP contribution is 2.53. The molecular formula is C15H29NOS. The molecule has 3 unspecified atom stereocenters. The summed E-state index contributed by atoms with van der Waals surface area (Å²) in [5.41, 5.74) is 0.479. The molecule has 1 spiro atoms. The van der Waals surface area contributed by atoms with Gasteiger partial charge in [-0.15, -0.1) is 0 Å². The zero-order valence-corrected chi connectivity index (χ0v) is 13.0. The average Bonchev–Trinajstić information content (AvgIpc) is 2.42. The van der Waals surface area contributed by atoms with Gasteiger partial charge in [0.25, 0.3) is 0 Å². The van der Waals surface area contributed by atoms with Crippen LogP contribution in [0.15, 0.2) is 0 Å². The average molecular weight is 271 g/mol. The van der Waals surface area contributed by atoms with Gasteiger partial charge < -0.3 is 10.1 Å². The molecule has 2 aliphatic carbocycles. The van der Waals surface area contributed by atoms with Gasteiger partial charge in [-0.05, 0) is 32.4 Å². The Bertz CT molecular complexity index is 253. The van der Waals surface area contributed by atoms with E-state index in [1.165, 1.54) is 38.5 Å². The molecule has 3 heteroatoms.